The molecule has 1 unspecified atom stereocenters. The van der Waals surface area contributed by atoms with Crippen molar-refractivity contribution in [1.29, 1.82) is 0 Å². The van der Waals surface area contributed by atoms with Crippen LogP contribution in [0.4, 0.5) is 5.82 Å². The van der Waals surface area contributed by atoms with Gasteiger partial charge in [0.2, 0.25) is 5.28 Å². The smallest absolute Gasteiger partial charge is 0.226 e. The Bertz CT molecular complexity index is 766. The van der Waals surface area contributed by atoms with Crippen LogP contribution in [0, 0.1) is 0 Å². The molecule has 9 nitrogen and oxygen atoms in total. The monoisotopic (exact) mass is 369 g/mol. The van der Waals surface area contributed by atoms with E-state index in [1.807, 2.05) is 0 Å². The van der Waals surface area contributed by atoms with Gasteiger partial charge in [-0.2, -0.15) is 9.97 Å². The molecule has 2 aromatic rings. The lowest BCUT2D eigenvalue weighted by molar-refractivity contribution is -0.0511. The number of aromatic nitrogens is 4. The molecule has 25 heavy (non-hydrogen) atoms. The fourth-order valence-electron chi connectivity index (χ4n) is 3.55. The zero-order valence-corrected chi connectivity index (χ0v) is 14.2. The van der Waals surface area contributed by atoms with Crippen LogP contribution in [0.3, 0.4) is 0 Å². The topological polar surface area (TPSA) is 126 Å². The Morgan fingerprint density at radius 2 is 2.00 bits per heavy atom. The van der Waals surface area contributed by atoms with Gasteiger partial charge in [-0.15, -0.1) is 0 Å². The molecule has 2 aromatic heterocycles. The first-order valence-corrected chi connectivity index (χ1v) is 8.75. The SMILES string of the molecule is OC[C@H]1O[C@@H](n2cnc3c(NC4CCCC4)nc(Cl)nc32)C(O)[C@H]1O. The summed E-state index contributed by atoms with van der Waals surface area (Å²) in [4.78, 5) is 12.8. The van der Waals surface area contributed by atoms with Crippen molar-refractivity contribution in [3.8, 4) is 0 Å². The second-order valence-electron chi connectivity index (χ2n) is 6.52. The molecule has 4 atom stereocenters. The van der Waals surface area contributed by atoms with E-state index in [-0.39, 0.29) is 5.28 Å². The molecule has 1 saturated carbocycles. The van der Waals surface area contributed by atoms with Crippen LogP contribution in [-0.2, 0) is 4.74 Å². The van der Waals surface area contributed by atoms with Crippen LogP contribution in [0.2, 0.25) is 5.28 Å². The van der Waals surface area contributed by atoms with Crippen molar-refractivity contribution in [2.75, 3.05) is 11.9 Å². The molecule has 0 aromatic carbocycles. The highest BCUT2D eigenvalue weighted by Gasteiger charge is 2.44. The molecule has 136 valence electrons. The minimum Gasteiger partial charge on any atom is -0.394 e. The quantitative estimate of drug-likeness (QED) is 0.572. The van der Waals surface area contributed by atoms with E-state index in [0.717, 1.165) is 12.8 Å². The molecule has 4 rings (SSSR count). The first-order valence-electron chi connectivity index (χ1n) is 8.37. The summed E-state index contributed by atoms with van der Waals surface area (Å²) in [6, 6.07) is 0.327. The van der Waals surface area contributed by atoms with Gasteiger partial charge in [-0.3, -0.25) is 4.57 Å². The summed E-state index contributed by atoms with van der Waals surface area (Å²) in [5, 5.41) is 32.9. The molecule has 0 radical (unpaired) electrons. The zero-order valence-electron chi connectivity index (χ0n) is 13.4. The maximum atomic E-state index is 10.2. The first-order chi connectivity index (χ1) is 12.1. The van der Waals surface area contributed by atoms with Crippen molar-refractivity contribution in [1.82, 2.24) is 19.5 Å². The van der Waals surface area contributed by atoms with E-state index >= 15 is 0 Å². The lowest BCUT2D eigenvalue weighted by atomic mass is 10.1. The van der Waals surface area contributed by atoms with Crippen LogP contribution < -0.4 is 5.32 Å². The second kappa shape index (κ2) is 6.65. The largest absolute Gasteiger partial charge is 0.394 e. The lowest BCUT2D eigenvalue weighted by Crippen LogP contribution is -2.33. The summed E-state index contributed by atoms with van der Waals surface area (Å²) < 4.78 is 7.06. The number of hydrogen-bond donors (Lipinski definition) is 4. The lowest BCUT2D eigenvalue weighted by Gasteiger charge is -2.17. The molecule has 0 bridgehead atoms. The number of fused-ring (bicyclic) bond motifs is 1. The van der Waals surface area contributed by atoms with Gasteiger partial charge in [0.05, 0.1) is 12.9 Å². The van der Waals surface area contributed by atoms with Gasteiger partial charge < -0.3 is 25.4 Å². The van der Waals surface area contributed by atoms with Crippen molar-refractivity contribution in [2.45, 2.75) is 56.3 Å². The van der Waals surface area contributed by atoms with Gasteiger partial charge in [0.25, 0.3) is 0 Å². The molecular weight excluding hydrogens is 350 g/mol. The van der Waals surface area contributed by atoms with Crippen LogP contribution in [0.1, 0.15) is 31.9 Å². The Morgan fingerprint density at radius 3 is 2.68 bits per heavy atom. The molecule has 0 amide bonds. The van der Waals surface area contributed by atoms with Crippen molar-refractivity contribution in [3.05, 3.63) is 11.6 Å². The van der Waals surface area contributed by atoms with Crippen molar-refractivity contribution in [2.24, 2.45) is 0 Å². The Hall–Kier alpha value is -1.52. The van der Waals surface area contributed by atoms with E-state index in [9.17, 15) is 15.3 Å². The summed E-state index contributed by atoms with van der Waals surface area (Å²) in [7, 11) is 0. The van der Waals surface area contributed by atoms with Gasteiger partial charge in [0.1, 0.15) is 18.3 Å². The number of nitrogens with zero attached hydrogens (tertiary/aromatic N) is 4. The summed E-state index contributed by atoms with van der Waals surface area (Å²) in [6.07, 6.45) is 1.77. The second-order valence-corrected chi connectivity index (χ2v) is 6.86. The van der Waals surface area contributed by atoms with Crippen molar-refractivity contribution in [3.63, 3.8) is 0 Å². The summed E-state index contributed by atoms with van der Waals surface area (Å²) in [5.41, 5.74) is 0.921. The molecule has 4 N–H and O–H groups in total. The average molecular weight is 370 g/mol. The Morgan fingerprint density at radius 1 is 1.24 bits per heavy atom. The predicted molar refractivity (Wildman–Crippen MR) is 89.2 cm³/mol. The van der Waals surface area contributed by atoms with Gasteiger partial charge in [-0.05, 0) is 24.4 Å². The van der Waals surface area contributed by atoms with Gasteiger partial charge >= 0.3 is 0 Å². The minimum atomic E-state index is -1.21. The molecule has 0 spiro atoms. The minimum absolute atomic E-state index is 0.0569. The third-order valence-corrected chi connectivity index (χ3v) is 5.05. The summed E-state index contributed by atoms with van der Waals surface area (Å²) in [6.45, 7) is -0.397. The number of imidazole rings is 1. The summed E-state index contributed by atoms with van der Waals surface area (Å²) >= 11 is 6.07. The maximum absolute atomic E-state index is 10.2. The molecule has 2 aliphatic rings. The molecule has 1 aliphatic heterocycles. The number of nitrogens with one attached hydrogen (secondary N) is 1. The van der Waals surface area contributed by atoms with Crippen LogP contribution in [-0.4, -0.2) is 65.8 Å². The molecule has 3 heterocycles. The third-order valence-electron chi connectivity index (χ3n) is 4.88. The van der Waals surface area contributed by atoms with E-state index in [1.54, 1.807) is 0 Å². The average Bonchev–Trinajstić information content (AvgIpc) is 3.29. The van der Waals surface area contributed by atoms with Crippen LogP contribution in [0.25, 0.3) is 11.2 Å². The number of halogens is 1. The van der Waals surface area contributed by atoms with Crippen molar-refractivity contribution >= 4 is 28.6 Å². The zero-order chi connectivity index (χ0) is 17.6. The highest BCUT2D eigenvalue weighted by molar-refractivity contribution is 6.28. The molecule has 1 saturated heterocycles. The van der Waals surface area contributed by atoms with E-state index in [2.05, 4.69) is 20.3 Å². The fraction of sp³-hybridized carbons (Fsp3) is 0.667. The maximum Gasteiger partial charge on any atom is 0.226 e. The highest BCUT2D eigenvalue weighted by atomic mass is 35.5. The first kappa shape index (κ1) is 16.9. The van der Waals surface area contributed by atoms with Gasteiger partial charge in [0.15, 0.2) is 23.2 Å². The number of ether oxygens (including phenoxy) is 1. The van der Waals surface area contributed by atoms with Crippen LogP contribution in [0.15, 0.2) is 6.33 Å². The number of aliphatic hydroxyl groups is 3. The normalized spacial score (nSPS) is 30.4. The standard InChI is InChI=1S/C15H20ClN5O4/c16-15-19-12(18-7-3-1-2-4-7)9-13(20-15)21(6-17-9)14-11(24)10(23)8(5-22)25-14/h6-8,10-11,14,22-24H,1-5H2,(H,18,19,20)/t8-,10+,11?,14-/m1/s1. The number of aliphatic hydroxyl groups excluding tert-OH is 3. The Kier molecular flexibility index (Phi) is 4.50. The summed E-state index contributed by atoms with van der Waals surface area (Å²) in [5.74, 6) is 0.549. The van der Waals surface area contributed by atoms with Gasteiger partial charge in [0, 0.05) is 6.04 Å². The Labute approximate surface area is 148 Å². The van der Waals surface area contributed by atoms with E-state index in [1.165, 1.54) is 23.7 Å². The van der Waals surface area contributed by atoms with E-state index in [4.69, 9.17) is 16.3 Å². The molecule has 10 heteroatoms. The van der Waals surface area contributed by atoms with Gasteiger partial charge in [-0.25, -0.2) is 4.98 Å². The van der Waals surface area contributed by atoms with Gasteiger partial charge in [-0.1, -0.05) is 12.8 Å². The highest BCUT2D eigenvalue weighted by Crippen LogP contribution is 2.33. The molecule has 1 aliphatic carbocycles. The van der Waals surface area contributed by atoms with Crippen molar-refractivity contribution < 1.29 is 20.1 Å². The molecular formula is C15H20ClN5O4. The van der Waals surface area contributed by atoms with E-state index < -0.39 is 31.1 Å². The Balaban J connectivity index is 1.70. The van der Waals surface area contributed by atoms with E-state index in [0.29, 0.717) is 23.0 Å². The number of hydrogen-bond acceptors (Lipinski definition) is 8. The number of anilines is 1. The number of rotatable bonds is 4. The molecule has 2 fully saturated rings. The fourth-order valence-corrected chi connectivity index (χ4v) is 3.71. The van der Waals surface area contributed by atoms with Crippen LogP contribution >= 0.6 is 11.6 Å². The third kappa shape index (κ3) is 2.96. The predicted octanol–water partition coefficient (Wildman–Crippen LogP) is 0.446. The van der Waals surface area contributed by atoms with Crippen LogP contribution in [0.5, 0.6) is 0 Å².